The highest BCUT2D eigenvalue weighted by Gasteiger charge is 2.25. The Balaban J connectivity index is 1.76. The number of carbonyl (C=O) groups excluding carboxylic acids is 1. The number of morpholine rings is 1. The molecule has 2 aromatic rings. The van der Waals surface area contributed by atoms with Crippen LogP contribution >= 0.6 is 35.0 Å². The van der Waals surface area contributed by atoms with Gasteiger partial charge in [-0.3, -0.25) is 9.36 Å². The molecule has 1 aromatic heterocycles. The van der Waals surface area contributed by atoms with E-state index in [-0.39, 0.29) is 5.91 Å². The lowest BCUT2D eigenvalue weighted by molar-refractivity contribution is -0.115. The number of halogens is 2. The number of carbonyl (C=O) groups is 1. The van der Waals surface area contributed by atoms with Crippen LogP contribution in [-0.4, -0.2) is 52.2 Å². The second-order valence-electron chi connectivity index (χ2n) is 7.23. The SMILES string of the molecule is CC(C)Cn1c(SC(C)C(=O)Nc2c(Cl)cccc2Cl)nnc1N1CCOCC1. The average Bonchev–Trinajstić information content (AvgIpc) is 3.07. The highest BCUT2D eigenvalue weighted by Crippen LogP contribution is 2.32. The number of aromatic nitrogens is 3. The molecule has 10 heteroatoms. The Kier molecular flexibility index (Phi) is 7.67. The van der Waals surface area contributed by atoms with Crippen molar-refractivity contribution in [2.45, 2.75) is 37.7 Å². The normalized spacial score (nSPS) is 15.6. The second-order valence-corrected chi connectivity index (χ2v) is 9.35. The standard InChI is InChI=1S/C19H25Cl2N5O2S/c1-12(2)11-26-18(25-7-9-28-10-8-25)23-24-19(26)29-13(3)17(27)22-16-14(20)5-4-6-15(16)21/h4-6,12-13H,7-11H2,1-3H3,(H,22,27). The van der Waals surface area contributed by atoms with Crippen molar-refractivity contribution in [3.8, 4) is 0 Å². The fourth-order valence-electron chi connectivity index (χ4n) is 2.94. The summed E-state index contributed by atoms with van der Waals surface area (Å²) >= 11 is 13.7. The first-order valence-corrected chi connectivity index (χ1v) is 11.2. The average molecular weight is 458 g/mol. The maximum absolute atomic E-state index is 12.7. The monoisotopic (exact) mass is 457 g/mol. The van der Waals surface area contributed by atoms with Crippen molar-refractivity contribution in [1.29, 1.82) is 0 Å². The number of benzene rings is 1. The van der Waals surface area contributed by atoms with Crippen LogP contribution in [0.15, 0.2) is 23.4 Å². The van der Waals surface area contributed by atoms with Crippen LogP contribution in [0, 0.1) is 5.92 Å². The molecule has 2 heterocycles. The highest BCUT2D eigenvalue weighted by atomic mass is 35.5. The molecular weight excluding hydrogens is 433 g/mol. The Morgan fingerprint density at radius 2 is 1.86 bits per heavy atom. The number of hydrogen-bond acceptors (Lipinski definition) is 6. The molecular formula is C19H25Cl2N5O2S. The van der Waals surface area contributed by atoms with Gasteiger partial charge >= 0.3 is 0 Å². The highest BCUT2D eigenvalue weighted by molar-refractivity contribution is 8.00. The number of amides is 1. The third-order valence-electron chi connectivity index (χ3n) is 4.40. The Morgan fingerprint density at radius 3 is 2.48 bits per heavy atom. The molecule has 0 bridgehead atoms. The number of anilines is 2. The van der Waals surface area contributed by atoms with Crippen molar-refractivity contribution < 1.29 is 9.53 Å². The van der Waals surface area contributed by atoms with E-state index < -0.39 is 5.25 Å². The summed E-state index contributed by atoms with van der Waals surface area (Å²) in [6.07, 6.45) is 0. The number of rotatable bonds is 7. The minimum absolute atomic E-state index is 0.197. The zero-order valence-corrected chi connectivity index (χ0v) is 19.0. The van der Waals surface area contributed by atoms with Crippen molar-refractivity contribution in [1.82, 2.24) is 14.8 Å². The topological polar surface area (TPSA) is 72.3 Å². The van der Waals surface area contributed by atoms with Gasteiger partial charge in [-0.05, 0) is 25.0 Å². The van der Waals surface area contributed by atoms with Gasteiger partial charge in [0, 0.05) is 19.6 Å². The van der Waals surface area contributed by atoms with Crippen LogP contribution in [0.25, 0.3) is 0 Å². The maximum atomic E-state index is 12.7. The molecule has 1 atom stereocenters. The Bertz CT molecular complexity index is 835. The molecule has 1 N–H and O–H groups in total. The van der Waals surface area contributed by atoms with Crippen molar-refractivity contribution in [2.75, 3.05) is 36.5 Å². The van der Waals surface area contributed by atoms with Crippen LogP contribution in [0.4, 0.5) is 11.6 Å². The Morgan fingerprint density at radius 1 is 1.21 bits per heavy atom. The molecule has 1 aromatic carbocycles. The molecule has 1 aliphatic heterocycles. The number of nitrogens with zero attached hydrogens (tertiary/aromatic N) is 4. The lowest BCUT2D eigenvalue weighted by Gasteiger charge is -2.28. The van der Waals surface area contributed by atoms with Gasteiger partial charge in [0.15, 0.2) is 5.16 Å². The first-order valence-electron chi connectivity index (χ1n) is 9.54. The van der Waals surface area contributed by atoms with Crippen LogP contribution in [-0.2, 0) is 16.1 Å². The van der Waals surface area contributed by atoms with Crippen molar-refractivity contribution in [3.05, 3.63) is 28.2 Å². The summed E-state index contributed by atoms with van der Waals surface area (Å²) in [4.78, 5) is 14.9. The predicted molar refractivity (Wildman–Crippen MR) is 118 cm³/mol. The smallest absolute Gasteiger partial charge is 0.237 e. The largest absolute Gasteiger partial charge is 0.378 e. The van der Waals surface area contributed by atoms with Gasteiger partial charge in [-0.2, -0.15) is 0 Å². The van der Waals surface area contributed by atoms with E-state index in [1.54, 1.807) is 18.2 Å². The predicted octanol–water partition coefficient (Wildman–Crippen LogP) is 4.20. The molecule has 0 aliphatic carbocycles. The molecule has 1 saturated heterocycles. The van der Waals surface area contributed by atoms with Gasteiger partial charge in [0.1, 0.15) is 0 Å². The number of hydrogen-bond donors (Lipinski definition) is 1. The first kappa shape index (κ1) is 22.2. The minimum atomic E-state index is -0.407. The van der Waals surface area contributed by atoms with E-state index in [1.165, 1.54) is 11.8 Å². The summed E-state index contributed by atoms with van der Waals surface area (Å²) in [5.41, 5.74) is 0.422. The molecule has 1 fully saturated rings. The maximum Gasteiger partial charge on any atom is 0.237 e. The zero-order valence-electron chi connectivity index (χ0n) is 16.7. The first-order chi connectivity index (χ1) is 13.9. The summed E-state index contributed by atoms with van der Waals surface area (Å²) in [5, 5.41) is 12.7. The van der Waals surface area contributed by atoms with E-state index in [4.69, 9.17) is 27.9 Å². The quantitative estimate of drug-likeness (QED) is 0.628. The van der Waals surface area contributed by atoms with E-state index in [0.717, 1.165) is 25.6 Å². The van der Waals surface area contributed by atoms with Crippen LogP contribution < -0.4 is 10.2 Å². The summed E-state index contributed by atoms with van der Waals surface area (Å²) < 4.78 is 7.53. The molecule has 1 amide bonds. The molecule has 1 aliphatic rings. The van der Waals surface area contributed by atoms with E-state index in [2.05, 4.69) is 38.8 Å². The van der Waals surface area contributed by atoms with Gasteiger partial charge in [0.25, 0.3) is 0 Å². The molecule has 29 heavy (non-hydrogen) atoms. The molecule has 158 valence electrons. The van der Waals surface area contributed by atoms with Crippen molar-refractivity contribution in [2.24, 2.45) is 5.92 Å². The Hall–Kier alpha value is -1.48. The second kappa shape index (κ2) is 10.0. The van der Waals surface area contributed by atoms with Crippen LogP contribution in [0.5, 0.6) is 0 Å². The summed E-state index contributed by atoms with van der Waals surface area (Å²) in [6, 6.07) is 5.11. The third-order valence-corrected chi connectivity index (χ3v) is 6.11. The van der Waals surface area contributed by atoms with E-state index >= 15 is 0 Å². The zero-order chi connectivity index (χ0) is 21.0. The molecule has 1 unspecified atom stereocenters. The number of para-hydroxylation sites is 1. The lowest BCUT2D eigenvalue weighted by atomic mass is 10.2. The van der Waals surface area contributed by atoms with Gasteiger partial charge < -0.3 is 15.0 Å². The van der Waals surface area contributed by atoms with Crippen molar-refractivity contribution >= 4 is 52.5 Å². The van der Waals surface area contributed by atoms with Gasteiger partial charge in [0.2, 0.25) is 11.9 Å². The van der Waals surface area contributed by atoms with Crippen LogP contribution in [0.3, 0.4) is 0 Å². The fraction of sp³-hybridized carbons (Fsp3) is 0.526. The van der Waals surface area contributed by atoms with Gasteiger partial charge in [-0.1, -0.05) is 54.9 Å². The molecule has 0 spiro atoms. The summed E-state index contributed by atoms with van der Waals surface area (Å²) in [7, 11) is 0. The third kappa shape index (κ3) is 5.57. The van der Waals surface area contributed by atoms with E-state index in [1.807, 2.05) is 6.92 Å². The van der Waals surface area contributed by atoms with E-state index in [0.29, 0.717) is 40.0 Å². The van der Waals surface area contributed by atoms with Crippen LogP contribution in [0.1, 0.15) is 20.8 Å². The minimum Gasteiger partial charge on any atom is -0.378 e. The van der Waals surface area contributed by atoms with Crippen molar-refractivity contribution in [3.63, 3.8) is 0 Å². The molecule has 7 nitrogen and oxygen atoms in total. The number of ether oxygens (including phenoxy) is 1. The number of nitrogens with one attached hydrogen (secondary N) is 1. The molecule has 0 radical (unpaired) electrons. The molecule has 3 rings (SSSR count). The summed E-state index contributed by atoms with van der Waals surface area (Å²) in [6.45, 7) is 9.80. The van der Waals surface area contributed by atoms with Gasteiger partial charge in [-0.15, -0.1) is 10.2 Å². The van der Waals surface area contributed by atoms with Gasteiger partial charge in [-0.25, -0.2) is 0 Å². The van der Waals surface area contributed by atoms with Crippen LogP contribution in [0.2, 0.25) is 10.0 Å². The van der Waals surface area contributed by atoms with E-state index in [9.17, 15) is 4.79 Å². The summed E-state index contributed by atoms with van der Waals surface area (Å²) in [5.74, 6) is 1.04. The van der Waals surface area contributed by atoms with Gasteiger partial charge in [0.05, 0.1) is 34.2 Å². The fourth-order valence-corrected chi connectivity index (χ4v) is 4.29. The molecule has 0 saturated carbocycles. The lowest BCUT2D eigenvalue weighted by Crippen LogP contribution is -2.38. The Labute approximate surface area is 185 Å². The number of thioether (sulfide) groups is 1.